The molecule has 2 aliphatic heterocycles. The van der Waals surface area contributed by atoms with E-state index in [1.165, 1.54) is 5.56 Å². The number of piperazine rings is 1. The third-order valence-electron chi connectivity index (χ3n) is 9.98. The Morgan fingerprint density at radius 3 is 2.04 bits per heavy atom. The number of nitrogens with one attached hydrogen (secondary N) is 1. The maximum absolute atomic E-state index is 14.9. The van der Waals surface area contributed by atoms with E-state index in [0.717, 1.165) is 45.5 Å². The lowest BCUT2D eigenvalue weighted by atomic mass is 9.82. The molecular formula is C40H46BrCl4N3O6. The number of halogens is 5. The first kappa shape index (κ1) is 42.3. The smallest absolute Gasteiger partial charge is 0.411 e. The number of carbonyl (C=O) groups excluding carboxylic acids is 2. The molecule has 1 N–H and O–H groups in total. The van der Waals surface area contributed by atoms with E-state index < -0.39 is 21.5 Å². The lowest BCUT2D eigenvalue weighted by molar-refractivity contribution is -0.129. The molecule has 0 radical (unpaired) electrons. The summed E-state index contributed by atoms with van der Waals surface area (Å²) in [6.07, 6.45) is 1.61. The van der Waals surface area contributed by atoms with Gasteiger partial charge in [-0.2, -0.15) is 0 Å². The van der Waals surface area contributed by atoms with E-state index in [2.05, 4.69) is 35.1 Å². The minimum atomic E-state index is -1.86. The Labute approximate surface area is 347 Å². The van der Waals surface area contributed by atoms with E-state index in [0.29, 0.717) is 57.2 Å². The molecule has 1 saturated heterocycles. The first-order valence-corrected chi connectivity index (χ1v) is 19.8. The van der Waals surface area contributed by atoms with Crippen molar-refractivity contribution in [3.63, 3.8) is 0 Å². The molecule has 0 aromatic heterocycles. The van der Waals surface area contributed by atoms with Crippen LogP contribution in [0.2, 0.25) is 0 Å². The van der Waals surface area contributed by atoms with Crippen LogP contribution in [0, 0.1) is 13.8 Å². The molecule has 14 heteroatoms. The highest BCUT2D eigenvalue weighted by atomic mass is 79.9. The number of aryl methyl sites for hydroxylation is 2. The molecule has 0 spiro atoms. The van der Waals surface area contributed by atoms with Crippen molar-refractivity contribution >= 4 is 80.7 Å². The second-order valence-corrected chi connectivity index (χ2v) is 17.4. The first-order valence-electron chi connectivity index (χ1n) is 17.9. The molecule has 6 rings (SSSR count). The largest absolute Gasteiger partial charge is 0.492 e. The predicted octanol–water partition coefficient (Wildman–Crippen LogP) is 9.10. The highest BCUT2D eigenvalue weighted by Crippen LogP contribution is 2.43. The quantitative estimate of drug-likeness (QED) is 0.135. The second-order valence-electron chi connectivity index (χ2n) is 14.2. The summed E-state index contributed by atoms with van der Waals surface area (Å²) in [4.78, 5) is 32.4. The third kappa shape index (κ3) is 10.1. The van der Waals surface area contributed by atoms with Crippen molar-refractivity contribution in [3.05, 3.63) is 93.5 Å². The molecule has 1 aliphatic carbocycles. The van der Waals surface area contributed by atoms with Gasteiger partial charge in [0.05, 0.1) is 18.6 Å². The Balaban J connectivity index is 0.00000561. The highest BCUT2D eigenvalue weighted by molar-refractivity contribution is 9.10. The van der Waals surface area contributed by atoms with Crippen molar-refractivity contribution in [2.45, 2.75) is 74.5 Å². The molecule has 2 heterocycles. The van der Waals surface area contributed by atoms with Crippen molar-refractivity contribution in [3.8, 4) is 17.2 Å². The average Bonchev–Trinajstić information content (AvgIpc) is 3.95. The van der Waals surface area contributed by atoms with Gasteiger partial charge in [0.1, 0.15) is 37.1 Å². The van der Waals surface area contributed by atoms with Gasteiger partial charge in [0.25, 0.3) is 5.91 Å². The Morgan fingerprint density at radius 2 is 1.44 bits per heavy atom. The van der Waals surface area contributed by atoms with Gasteiger partial charge < -0.3 is 29.2 Å². The Hall–Kier alpha value is -2.86. The normalized spacial score (nSPS) is 18.4. The van der Waals surface area contributed by atoms with E-state index >= 15 is 0 Å². The van der Waals surface area contributed by atoms with Gasteiger partial charge in [-0.3, -0.25) is 9.69 Å². The molecule has 292 valence electrons. The van der Waals surface area contributed by atoms with Crippen LogP contribution in [-0.4, -0.2) is 88.8 Å². The van der Waals surface area contributed by atoms with Gasteiger partial charge in [-0.25, -0.2) is 4.79 Å². The number of hydrogen-bond acceptors (Lipinski definition) is 7. The van der Waals surface area contributed by atoms with Crippen LogP contribution in [0.3, 0.4) is 0 Å². The molecule has 3 aromatic carbocycles. The number of ether oxygens (including phenoxy) is 4. The van der Waals surface area contributed by atoms with Gasteiger partial charge in [-0.1, -0.05) is 68.9 Å². The second kappa shape index (κ2) is 17.9. The van der Waals surface area contributed by atoms with Gasteiger partial charge in [0.15, 0.2) is 5.60 Å². The van der Waals surface area contributed by atoms with Crippen LogP contribution < -0.4 is 19.5 Å². The number of amides is 2. The SMILES string of the molecule is Cc1ccc(OCCN(C(=O)C2=C(c3ccc(OCCOc4ccc(Br)cc4)cc3)CC3CNC[C@H]2N3C(=O)OC(C)(C)C(Cl)(Cl)Cl)C2CC2)cc1C.Cl. The number of nitrogens with zero attached hydrogens (tertiary/aromatic N) is 2. The Bertz CT molecular complexity index is 1820. The zero-order valence-corrected chi connectivity index (χ0v) is 35.4. The van der Waals surface area contributed by atoms with E-state index in [4.69, 9.17) is 53.8 Å². The molecule has 3 aromatic rings. The lowest BCUT2D eigenvalue weighted by Gasteiger charge is -2.48. The van der Waals surface area contributed by atoms with Crippen molar-refractivity contribution < 1.29 is 28.5 Å². The minimum Gasteiger partial charge on any atom is -0.492 e. The van der Waals surface area contributed by atoms with Crippen LogP contribution >= 0.6 is 63.1 Å². The van der Waals surface area contributed by atoms with E-state index in [9.17, 15) is 9.59 Å². The first-order chi connectivity index (χ1) is 25.2. The molecule has 2 fully saturated rings. The van der Waals surface area contributed by atoms with E-state index in [1.807, 2.05) is 71.6 Å². The zero-order valence-electron chi connectivity index (χ0n) is 30.7. The molecular weight excluding hydrogens is 840 g/mol. The number of carbonyl (C=O) groups is 2. The number of benzene rings is 3. The van der Waals surface area contributed by atoms with Gasteiger partial charge in [0.2, 0.25) is 3.79 Å². The monoisotopic (exact) mass is 883 g/mol. The van der Waals surface area contributed by atoms with Crippen LogP contribution in [0.4, 0.5) is 4.79 Å². The minimum absolute atomic E-state index is 0. The van der Waals surface area contributed by atoms with E-state index in [1.54, 1.807) is 18.7 Å². The fourth-order valence-corrected chi connectivity index (χ4v) is 6.98. The van der Waals surface area contributed by atoms with Crippen LogP contribution in [0.15, 0.2) is 76.8 Å². The number of alkyl halides is 3. The molecule has 2 amide bonds. The maximum atomic E-state index is 14.9. The summed E-state index contributed by atoms with van der Waals surface area (Å²) in [6.45, 7) is 9.59. The molecule has 9 nitrogen and oxygen atoms in total. The molecule has 1 saturated carbocycles. The van der Waals surface area contributed by atoms with Crippen molar-refractivity contribution in [1.82, 2.24) is 15.1 Å². The van der Waals surface area contributed by atoms with E-state index in [-0.39, 0.29) is 30.4 Å². The fourth-order valence-electron chi connectivity index (χ4n) is 6.60. The molecule has 3 aliphatic rings. The summed E-state index contributed by atoms with van der Waals surface area (Å²) in [5.74, 6) is 2.09. The predicted molar refractivity (Wildman–Crippen MR) is 220 cm³/mol. The number of hydrogen-bond donors (Lipinski definition) is 1. The van der Waals surface area contributed by atoms with Gasteiger partial charge in [-0.15, -0.1) is 12.4 Å². The summed E-state index contributed by atoms with van der Waals surface area (Å²) in [6, 6.07) is 20.6. The summed E-state index contributed by atoms with van der Waals surface area (Å²) in [7, 11) is 0. The zero-order chi connectivity index (χ0) is 37.9. The molecule has 54 heavy (non-hydrogen) atoms. The summed E-state index contributed by atoms with van der Waals surface area (Å²) in [5.41, 5.74) is 3.24. The fraction of sp³-hybridized carbons (Fsp3) is 0.450. The van der Waals surface area contributed by atoms with Crippen LogP contribution in [0.25, 0.3) is 5.57 Å². The average molecular weight is 887 g/mol. The molecule has 1 unspecified atom stereocenters. The summed E-state index contributed by atoms with van der Waals surface area (Å²) in [5, 5.41) is 3.44. The standard InChI is InChI=1S/C40H45BrCl3N3O6.ClH/c1-25-5-12-33(21-26(25)2)50-18-17-46(29-10-11-29)37(48)36-34(22-30-23-45-24-35(36)47(30)38(49)53-39(3,4)40(42,43)44)27-6-13-31(14-7-27)51-19-20-52-32-15-8-28(41)9-16-32;/h5-9,12-16,21,29-30,35,45H,10-11,17-20,22-24H2,1-4H3;1H/t30?,35-;/m1./s1. The van der Waals surface area contributed by atoms with Crippen LogP contribution in [0.1, 0.15) is 49.8 Å². The lowest BCUT2D eigenvalue weighted by Crippen LogP contribution is -2.64. The summed E-state index contributed by atoms with van der Waals surface area (Å²) >= 11 is 22.1. The number of fused-ring (bicyclic) bond motifs is 2. The van der Waals surface area contributed by atoms with Gasteiger partial charge in [-0.05, 0) is 118 Å². The number of rotatable bonds is 13. The van der Waals surface area contributed by atoms with Gasteiger partial charge in [0, 0.05) is 29.2 Å². The Kier molecular flexibility index (Phi) is 14.1. The van der Waals surface area contributed by atoms with Crippen LogP contribution in [-0.2, 0) is 9.53 Å². The Morgan fingerprint density at radius 1 is 0.852 bits per heavy atom. The topological polar surface area (TPSA) is 89.6 Å². The summed E-state index contributed by atoms with van der Waals surface area (Å²) < 4.78 is 22.9. The molecule has 2 atom stereocenters. The third-order valence-corrected chi connectivity index (χ3v) is 11.9. The van der Waals surface area contributed by atoms with Gasteiger partial charge >= 0.3 is 6.09 Å². The highest BCUT2D eigenvalue weighted by Gasteiger charge is 2.50. The van der Waals surface area contributed by atoms with Crippen LogP contribution in [0.5, 0.6) is 17.2 Å². The van der Waals surface area contributed by atoms with Crippen molar-refractivity contribution in [1.29, 1.82) is 0 Å². The molecule has 2 bridgehead atoms. The maximum Gasteiger partial charge on any atom is 0.411 e. The van der Waals surface area contributed by atoms with Crippen molar-refractivity contribution in [2.75, 3.05) is 39.5 Å². The van der Waals surface area contributed by atoms with Crippen molar-refractivity contribution in [2.24, 2.45) is 0 Å².